The Morgan fingerprint density at radius 2 is 0.933 bits per heavy atom. The number of benzene rings is 9. The van der Waals surface area contributed by atoms with Gasteiger partial charge >= 0.3 is 0 Å². The van der Waals surface area contributed by atoms with Gasteiger partial charge in [0, 0.05) is 16.6 Å². The molecule has 0 aromatic heterocycles. The predicted octanol–water partition coefficient (Wildman–Crippen LogP) is 15.8. The molecule has 0 saturated carbocycles. The van der Waals surface area contributed by atoms with Crippen LogP contribution < -0.4 is 4.90 Å². The first-order valence-electron chi connectivity index (χ1n) is 21.6. The van der Waals surface area contributed by atoms with Gasteiger partial charge in [0.05, 0.1) is 16.8 Å². The Morgan fingerprint density at radius 1 is 0.367 bits per heavy atom. The lowest BCUT2D eigenvalue weighted by molar-refractivity contribution is 0.332. The summed E-state index contributed by atoms with van der Waals surface area (Å²) >= 11 is 0. The second-order valence-corrected chi connectivity index (χ2v) is 18.3. The van der Waals surface area contributed by atoms with E-state index in [1.54, 1.807) is 0 Å². The van der Waals surface area contributed by atoms with E-state index in [0.29, 0.717) is 0 Å². The predicted molar refractivity (Wildman–Crippen MR) is 254 cm³/mol. The number of anilines is 3. The van der Waals surface area contributed by atoms with Crippen LogP contribution in [0.25, 0.3) is 43.8 Å². The molecule has 0 saturated heterocycles. The molecule has 0 fully saturated rings. The normalized spacial score (nSPS) is 15.6. The lowest BCUT2D eigenvalue weighted by atomic mass is 9.63. The van der Waals surface area contributed by atoms with E-state index in [1.165, 1.54) is 83.6 Å². The summed E-state index contributed by atoms with van der Waals surface area (Å²) in [6.07, 6.45) is 2.35. The van der Waals surface area contributed by atoms with Crippen molar-refractivity contribution in [2.75, 3.05) is 4.90 Å². The first-order chi connectivity index (χ1) is 29.3. The van der Waals surface area contributed by atoms with Crippen molar-refractivity contribution in [3.63, 3.8) is 0 Å². The molecule has 0 radical (unpaired) electrons. The SMILES string of the molecule is CC1(C)CCC(C)(C)c2cc(-c3cc4c(cc3N(c3ccccc3)c3cc5ccccc5c5ccccc35)C(c3ccccc3)(c3ccccc3)c3ccccc3-4)ccc21. The molecular weight excluding hydrogens is 723 g/mol. The van der Waals surface area contributed by atoms with E-state index in [4.69, 9.17) is 0 Å². The summed E-state index contributed by atoms with van der Waals surface area (Å²) in [6, 6.07) is 75.3. The number of rotatable bonds is 6. The second-order valence-electron chi connectivity index (χ2n) is 18.3. The van der Waals surface area contributed by atoms with E-state index in [0.717, 1.165) is 23.5 Å². The van der Waals surface area contributed by atoms with E-state index in [-0.39, 0.29) is 10.8 Å². The molecule has 1 nitrogen and oxygen atoms in total. The standard InChI is InChI=1S/C59H49N/c1-57(2)34-35-58(3,4)54-36-41(32-33-52(54)57)49-38-50-47-29-18-19-31-51(47)59(42-21-8-5-9-22-42,43-23-10-6-11-24-43)53(50)39-56(49)60(44-25-12-7-13-26-44)55-37-40-20-14-15-27-45(40)46-28-16-17-30-48(46)55/h5-33,36-39H,34-35H2,1-4H3. The van der Waals surface area contributed by atoms with Crippen LogP contribution in [0.15, 0.2) is 200 Å². The lowest BCUT2D eigenvalue weighted by Crippen LogP contribution is -2.33. The third-order valence-electron chi connectivity index (χ3n) is 14.0. The summed E-state index contributed by atoms with van der Waals surface area (Å²) in [5, 5.41) is 4.96. The highest BCUT2D eigenvalue weighted by Gasteiger charge is 2.47. The van der Waals surface area contributed by atoms with Crippen molar-refractivity contribution in [1.82, 2.24) is 0 Å². The molecule has 0 amide bonds. The van der Waals surface area contributed by atoms with Gasteiger partial charge in [-0.25, -0.2) is 0 Å². The number of fused-ring (bicyclic) bond motifs is 7. The van der Waals surface area contributed by atoms with Crippen LogP contribution in [0.1, 0.15) is 73.9 Å². The van der Waals surface area contributed by atoms with Gasteiger partial charge in [-0.15, -0.1) is 0 Å². The average Bonchev–Trinajstić information content (AvgIpc) is 3.58. The zero-order chi connectivity index (χ0) is 40.6. The molecular formula is C59H49N. The summed E-state index contributed by atoms with van der Waals surface area (Å²) in [4.78, 5) is 2.56. The molecule has 0 unspecified atom stereocenters. The molecule has 2 aliphatic carbocycles. The Labute approximate surface area is 354 Å². The van der Waals surface area contributed by atoms with Crippen LogP contribution in [-0.2, 0) is 16.2 Å². The molecule has 1 heteroatoms. The average molecular weight is 772 g/mol. The molecule has 0 heterocycles. The maximum atomic E-state index is 2.57. The number of hydrogen-bond donors (Lipinski definition) is 0. The van der Waals surface area contributed by atoms with E-state index >= 15 is 0 Å². The van der Waals surface area contributed by atoms with Crippen LogP contribution in [0, 0.1) is 0 Å². The van der Waals surface area contributed by atoms with Gasteiger partial charge in [-0.2, -0.15) is 0 Å². The first-order valence-corrected chi connectivity index (χ1v) is 21.6. The van der Waals surface area contributed by atoms with Gasteiger partial charge < -0.3 is 4.90 Å². The third-order valence-corrected chi connectivity index (χ3v) is 14.0. The molecule has 2 aliphatic rings. The minimum absolute atomic E-state index is 0.0633. The maximum Gasteiger partial charge on any atom is 0.0714 e. The Balaban J connectivity index is 1.31. The van der Waals surface area contributed by atoms with Crippen molar-refractivity contribution in [1.29, 1.82) is 0 Å². The van der Waals surface area contributed by atoms with E-state index < -0.39 is 5.41 Å². The maximum absolute atomic E-state index is 2.57. The molecule has 60 heavy (non-hydrogen) atoms. The van der Waals surface area contributed by atoms with Gasteiger partial charge in [0.25, 0.3) is 0 Å². The van der Waals surface area contributed by atoms with Crippen LogP contribution in [0.4, 0.5) is 17.1 Å². The Morgan fingerprint density at radius 3 is 1.63 bits per heavy atom. The topological polar surface area (TPSA) is 3.24 Å². The molecule has 11 rings (SSSR count). The highest BCUT2D eigenvalue weighted by molar-refractivity contribution is 6.15. The highest BCUT2D eigenvalue weighted by Crippen LogP contribution is 2.59. The molecule has 290 valence electrons. The fourth-order valence-corrected chi connectivity index (χ4v) is 10.9. The fourth-order valence-electron chi connectivity index (χ4n) is 10.9. The summed E-state index contributed by atoms with van der Waals surface area (Å²) in [5.74, 6) is 0. The van der Waals surface area contributed by atoms with Gasteiger partial charge in [-0.3, -0.25) is 0 Å². The second kappa shape index (κ2) is 13.7. The molecule has 9 aromatic carbocycles. The van der Waals surface area contributed by atoms with Crippen molar-refractivity contribution in [2.45, 2.75) is 56.8 Å². The first kappa shape index (κ1) is 36.4. The molecule has 0 aliphatic heterocycles. The van der Waals surface area contributed by atoms with Crippen molar-refractivity contribution in [3.05, 3.63) is 234 Å². The van der Waals surface area contributed by atoms with Crippen LogP contribution in [-0.4, -0.2) is 0 Å². The van der Waals surface area contributed by atoms with Crippen LogP contribution >= 0.6 is 0 Å². The monoisotopic (exact) mass is 771 g/mol. The largest absolute Gasteiger partial charge is 0.309 e. The molecule has 0 atom stereocenters. The van der Waals surface area contributed by atoms with E-state index in [2.05, 4.69) is 233 Å². The van der Waals surface area contributed by atoms with Gasteiger partial charge in [-0.1, -0.05) is 198 Å². The van der Waals surface area contributed by atoms with Crippen LogP contribution in [0.2, 0.25) is 0 Å². The Hall–Kier alpha value is -6.70. The van der Waals surface area contributed by atoms with Gasteiger partial charge in [0.2, 0.25) is 0 Å². The van der Waals surface area contributed by atoms with Crippen molar-refractivity contribution in [3.8, 4) is 22.3 Å². The van der Waals surface area contributed by atoms with Gasteiger partial charge in [0.1, 0.15) is 0 Å². The van der Waals surface area contributed by atoms with Crippen molar-refractivity contribution >= 4 is 38.6 Å². The molecule has 0 bridgehead atoms. The number of nitrogens with zero attached hydrogens (tertiary/aromatic N) is 1. The van der Waals surface area contributed by atoms with Crippen molar-refractivity contribution < 1.29 is 0 Å². The van der Waals surface area contributed by atoms with Crippen molar-refractivity contribution in [2.24, 2.45) is 0 Å². The Kier molecular flexibility index (Phi) is 8.30. The smallest absolute Gasteiger partial charge is 0.0714 e. The summed E-state index contributed by atoms with van der Waals surface area (Å²) in [6.45, 7) is 9.73. The van der Waals surface area contributed by atoms with Crippen LogP contribution in [0.3, 0.4) is 0 Å². The quantitative estimate of drug-likeness (QED) is 0.152. The lowest BCUT2D eigenvalue weighted by Gasteiger charge is -2.42. The summed E-state index contributed by atoms with van der Waals surface area (Å²) in [7, 11) is 0. The minimum Gasteiger partial charge on any atom is -0.309 e. The Bertz CT molecular complexity index is 3040. The zero-order valence-corrected chi connectivity index (χ0v) is 34.9. The molecule has 0 spiro atoms. The number of hydrogen-bond acceptors (Lipinski definition) is 1. The number of para-hydroxylation sites is 1. The third kappa shape index (κ3) is 5.45. The summed E-state index contributed by atoms with van der Waals surface area (Å²) in [5.41, 5.74) is 16.2. The minimum atomic E-state index is -0.544. The highest BCUT2D eigenvalue weighted by atomic mass is 15.1. The van der Waals surface area contributed by atoms with Crippen LogP contribution in [0.5, 0.6) is 0 Å². The fraction of sp³-hybridized carbons (Fsp3) is 0.153. The summed E-state index contributed by atoms with van der Waals surface area (Å²) < 4.78 is 0. The van der Waals surface area contributed by atoms with E-state index in [9.17, 15) is 0 Å². The molecule has 9 aromatic rings. The van der Waals surface area contributed by atoms with Gasteiger partial charge in [0.15, 0.2) is 0 Å². The molecule has 0 N–H and O–H groups in total. The van der Waals surface area contributed by atoms with Gasteiger partial charge in [-0.05, 0) is 120 Å². The zero-order valence-electron chi connectivity index (χ0n) is 34.9. The van der Waals surface area contributed by atoms with E-state index in [1.807, 2.05) is 0 Å².